The van der Waals surface area contributed by atoms with Crippen LogP contribution in [-0.2, 0) is 15.7 Å². The number of aliphatic hydroxyl groups is 1. The molecule has 0 fully saturated rings. The first-order chi connectivity index (χ1) is 9.75. The predicted octanol–water partition coefficient (Wildman–Crippen LogP) is 3.08. The van der Waals surface area contributed by atoms with E-state index in [-0.39, 0.29) is 30.3 Å². The first-order valence-electron chi connectivity index (χ1n) is 6.19. The fourth-order valence-electron chi connectivity index (χ4n) is 1.64. The SMILES string of the molecule is CCOC(=O)CC(O)CNc1c(Cl)cccc1C(F)(F)F. The van der Waals surface area contributed by atoms with Gasteiger partial charge in [-0.3, -0.25) is 4.79 Å². The van der Waals surface area contributed by atoms with Crippen LogP contribution in [0.2, 0.25) is 5.02 Å². The average molecular weight is 326 g/mol. The molecule has 0 spiro atoms. The largest absolute Gasteiger partial charge is 0.466 e. The van der Waals surface area contributed by atoms with Crippen molar-refractivity contribution in [1.29, 1.82) is 0 Å². The van der Waals surface area contributed by atoms with E-state index < -0.39 is 23.8 Å². The van der Waals surface area contributed by atoms with Gasteiger partial charge in [-0.25, -0.2) is 0 Å². The van der Waals surface area contributed by atoms with Gasteiger partial charge in [0.1, 0.15) is 0 Å². The summed E-state index contributed by atoms with van der Waals surface area (Å²) < 4.78 is 43.1. The quantitative estimate of drug-likeness (QED) is 0.789. The Morgan fingerprint density at radius 2 is 2.14 bits per heavy atom. The number of hydrogen-bond donors (Lipinski definition) is 2. The number of anilines is 1. The Labute approximate surface area is 124 Å². The molecule has 1 aromatic carbocycles. The zero-order valence-electron chi connectivity index (χ0n) is 11.2. The van der Waals surface area contributed by atoms with E-state index in [1.165, 1.54) is 12.1 Å². The molecule has 2 N–H and O–H groups in total. The zero-order valence-corrected chi connectivity index (χ0v) is 12.0. The maximum absolute atomic E-state index is 12.8. The van der Waals surface area contributed by atoms with Crippen molar-refractivity contribution < 1.29 is 27.8 Å². The minimum Gasteiger partial charge on any atom is -0.466 e. The summed E-state index contributed by atoms with van der Waals surface area (Å²) in [5.41, 5.74) is -1.26. The predicted molar refractivity (Wildman–Crippen MR) is 72.2 cm³/mol. The van der Waals surface area contributed by atoms with Gasteiger partial charge in [0.15, 0.2) is 0 Å². The third-order valence-corrected chi connectivity index (χ3v) is 2.86. The molecule has 0 aliphatic heterocycles. The molecule has 4 nitrogen and oxygen atoms in total. The van der Waals surface area contributed by atoms with E-state index in [0.29, 0.717) is 0 Å². The van der Waals surface area contributed by atoms with Crippen LogP contribution in [0.25, 0.3) is 0 Å². The molecule has 0 saturated heterocycles. The number of ether oxygens (including phenoxy) is 1. The Morgan fingerprint density at radius 1 is 1.48 bits per heavy atom. The molecule has 1 rings (SSSR count). The molecule has 0 aliphatic carbocycles. The van der Waals surface area contributed by atoms with Crippen molar-refractivity contribution in [3.05, 3.63) is 28.8 Å². The topological polar surface area (TPSA) is 58.6 Å². The van der Waals surface area contributed by atoms with E-state index in [4.69, 9.17) is 11.6 Å². The lowest BCUT2D eigenvalue weighted by Gasteiger charge is -2.17. The van der Waals surface area contributed by atoms with Gasteiger partial charge in [0.2, 0.25) is 0 Å². The highest BCUT2D eigenvalue weighted by molar-refractivity contribution is 6.33. The average Bonchev–Trinajstić information content (AvgIpc) is 2.36. The van der Waals surface area contributed by atoms with Gasteiger partial charge in [0, 0.05) is 6.54 Å². The van der Waals surface area contributed by atoms with Crippen molar-refractivity contribution in [1.82, 2.24) is 0 Å². The maximum atomic E-state index is 12.8. The Kier molecular flexibility index (Phi) is 6.29. The number of hydrogen-bond acceptors (Lipinski definition) is 4. The molecule has 0 aromatic heterocycles. The van der Waals surface area contributed by atoms with Gasteiger partial charge in [-0.05, 0) is 19.1 Å². The van der Waals surface area contributed by atoms with Crippen LogP contribution < -0.4 is 5.32 Å². The summed E-state index contributed by atoms with van der Waals surface area (Å²) in [7, 11) is 0. The van der Waals surface area contributed by atoms with Crippen LogP contribution in [0.15, 0.2) is 18.2 Å². The van der Waals surface area contributed by atoms with Gasteiger partial charge >= 0.3 is 12.1 Å². The molecular formula is C13H15ClF3NO3. The highest BCUT2D eigenvalue weighted by atomic mass is 35.5. The first-order valence-corrected chi connectivity index (χ1v) is 6.56. The van der Waals surface area contributed by atoms with Crippen LogP contribution >= 0.6 is 11.6 Å². The van der Waals surface area contributed by atoms with E-state index >= 15 is 0 Å². The molecule has 21 heavy (non-hydrogen) atoms. The Morgan fingerprint density at radius 3 is 2.71 bits per heavy atom. The summed E-state index contributed by atoms with van der Waals surface area (Å²) in [5, 5.41) is 11.9. The van der Waals surface area contributed by atoms with Crippen LogP contribution in [0.3, 0.4) is 0 Å². The molecule has 1 unspecified atom stereocenters. The van der Waals surface area contributed by atoms with Crippen LogP contribution in [0.4, 0.5) is 18.9 Å². The minimum absolute atomic E-state index is 0.117. The first kappa shape index (κ1) is 17.6. The summed E-state index contributed by atoms with van der Waals surface area (Å²) in [6.07, 6.45) is -6.06. The lowest BCUT2D eigenvalue weighted by molar-refractivity contribution is -0.145. The third kappa shape index (κ3) is 5.43. The number of benzene rings is 1. The Bertz CT molecular complexity index is 494. The third-order valence-electron chi connectivity index (χ3n) is 2.54. The normalized spacial score (nSPS) is 12.9. The number of rotatable bonds is 6. The number of para-hydroxylation sites is 1. The fraction of sp³-hybridized carbons (Fsp3) is 0.462. The van der Waals surface area contributed by atoms with Gasteiger partial charge in [-0.1, -0.05) is 17.7 Å². The van der Waals surface area contributed by atoms with E-state index in [2.05, 4.69) is 10.1 Å². The molecule has 0 aliphatic rings. The number of carbonyl (C=O) groups excluding carboxylic acids is 1. The second-order valence-corrected chi connectivity index (χ2v) is 4.61. The van der Waals surface area contributed by atoms with Crippen LogP contribution in [0.1, 0.15) is 18.9 Å². The summed E-state index contributed by atoms with van der Waals surface area (Å²) in [6.45, 7) is 1.52. The number of carbonyl (C=O) groups is 1. The summed E-state index contributed by atoms with van der Waals surface area (Å²) >= 11 is 5.74. The number of esters is 1. The molecule has 0 heterocycles. The number of aliphatic hydroxyl groups excluding tert-OH is 1. The monoisotopic (exact) mass is 325 g/mol. The zero-order chi connectivity index (χ0) is 16.0. The van der Waals surface area contributed by atoms with Crippen molar-refractivity contribution in [2.24, 2.45) is 0 Å². The van der Waals surface area contributed by atoms with Crippen LogP contribution in [-0.4, -0.2) is 30.3 Å². The number of nitrogens with one attached hydrogen (secondary N) is 1. The lowest BCUT2D eigenvalue weighted by atomic mass is 10.1. The molecule has 0 radical (unpaired) electrons. The minimum atomic E-state index is -4.57. The van der Waals surface area contributed by atoms with E-state index in [0.717, 1.165) is 6.07 Å². The number of halogens is 4. The number of alkyl halides is 3. The molecule has 1 aromatic rings. The highest BCUT2D eigenvalue weighted by Gasteiger charge is 2.34. The van der Waals surface area contributed by atoms with Crippen molar-refractivity contribution in [2.75, 3.05) is 18.5 Å². The van der Waals surface area contributed by atoms with Crippen molar-refractivity contribution in [3.8, 4) is 0 Å². The molecule has 118 valence electrons. The summed E-state index contributed by atoms with van der Waals surface area (Å²) in [5.74, 6) is -0.623. The van der Waals surface area contributed by atoms with Gasteiger partial charge < -0.3 is 15.2 Å². The summed E-state index contributed by atoms with van der Waals surface area (Å²) in [6, 6.07) is 3.37. The standard InChI is InChI=1S/C13H15ClF3NO3/c1-2-21-11(20)6-8(19)7-18-12-9(13(15,16)17)4-3-5-10(12)14/h3-5,8,18-19H,2,6-7H2,1H3. The molecule has 0 saturated carbocycles. The lowest BCUT2D eigenvalue weighted by Crippen LogP contribution is -2.25. The summed E-state index contributed by atoms with van der Waals surface area (Å²) in [4.78, 5) is 11.1. The maximum Gasteiger partial charge on any atom is 0.418 e. The van der Waals surface area contributed by atoms with E-state index in [1.807, 2.05) is 0 Å². The van der Waals surface area contributed by atoms with Gasteiger partial charge in [-0.2, -0.15) is 13.2 Å². The van der Waals surface area contributed by atoms with Crippen molar-refractivity contribution in [2.45, 2.75) is 25.6 Å². The molecular weight excluding hydrogens is 311 g/mol. The van der Waals surface area contributed by atoms with Gasteiger partial charge in [0.05, 0.1) is 35.4 Å². The van der Waals surface area contributed by atoms with Crippen LogP contribution in [0.5, 0.6) is 0 Å². The molecule has 0 bridgehead atoms. The Hall–Kier alpha value is -1.47. The van der Waals surface area contributed by atoms with E-state index in [1.54, 1.807) is 6.92 Å². The van der Waals surface area contributed by atoms with Gasteiger partial charge in [0.25, 0.3) is 0 Å². The second kappa shape index (κ2) is 7.51. The van der Waals surface area contributed by atoms with Crippen LogP contribution in [0, 0.1) is 0 Å². The fourth-order valence-corrected chi connectivity index (χ4v) is 1.89. The highest BCUT2D eigenvalue weighted by Crippen LogP contribution is 2.38. The smallest absolute Gasteiger partial charge is 0.418 e. The van der Waals surface area contributed by atoms with Crippen molar-refractivity contribution in [3.63, 3.8) is 0 Å². The molecule has 1 atom stereocenters. The van der Waals surface area contributed by atoms with Crippen molar-refractivity contribution >= 4 is 23.3 Å². The van der Waals surface area contributed by atoms with E-state index in [9.17, 15) is 23.1 Å². The second-order valence-electron chi connectivity index (χ2n) is 4.20. The molecule has 8 heteroatoms. The van der Waals surface area contributed by atoms with Gasteiger partial charge in [-0.15, -0.1) is 0 Å². The molecule has 0 amide bonds. The Balaban J connectivity index is 2.73.